The van der Waals surface area contributed by atoms with Gasteiger partial charge >= 0.3 is 0 Å². The Balaban J connectivity index is 2.47. The number of Topliss-reactive ketones (excluding diaryl/α,β-unsaturated/α-hetero) is 1. The van der Waals surface area contributed by atoms with E-state index in [-0.39, 0.29) is 5.78 Å². The Morgan fingerprint density at radius 3 is 2.72 bits per heavy atom. The van der Waals surface area contributed by atoms with E-state index in [0.29, 0.717) is 17.2 Å². The third-order valence-corrected chi connectivity index (χ3v) is 3.13. The maximum atomic E-state index is 10.8. The molecule has 0 aliphatic rings. The molecular weight excluding hydrogens is 250 g/mol. The average molecular weight is 270 g/mol. The number of hydrogen-bond acceptors (Lipinski definition) is 3. The van der Waals surface area contributed by atoms with E-state index < -0.39 is 0 Å². The van der Waals surface area contributed by atoms with Crippen molar-refractivity contribution in [3.63, 3.8) is 0 Å². The standard InChI is InChI=1S/C14H20ClNO2/c1-10-8-14(18-3)13(15)9-12(10)5-7-16-6-4-11(2)17/h8-9,16H,4-7H2,1-3H3. The minimum atomic E-state index is 0.214. The molecule has 0 saturated heterocycles. The fourth-order valence-corrected chi connectivity index (χ4v) is 2.00. The number of carbonyl (C=O) groups is 1. The van der Waals surface area contributed by atoms with E-state index in [1.807, 2.05) is 19.1 Å². The monoisotopic (exact) mass is 269 g/mol. The molecule has 0 heterocycles. The van der Waals surface area contributed by atoms with Crippen LogP contribution in [0.4, 0.5) is 0 Å². The van der Waals surface area contributed by atoms with Crippen molar-refractivity contribution in [3.05, 3.63) is 28.3 Å². The molecule has 0 bridgehead atoms. The zero-order valence-corrected chi connectivity index (χ0v) is 11.9. The molecule has 0 saturated carbocycles. The zero-order valence-electron chi connectivity index (χ0n) is 11.2. The van der Waals surface area contributed by atoms with Crippen LogP contribution < -0.4 is 10.1 Å². The number of ether oxygens (including phenoxy) is 1. The second kappa shape index (κ2) is 7.39. The largest absolute Gasteiger partial charge is 0.495 e. The number of carbonyl (C=O) groups excluding carboxylic acids is 1. The minimum absolute atomic E-state index is 0.214. The summed E-state index contributed by atoms with van der Waals surface area (Å²) >= 11 is 6.09. The van der Waals surface area contributed by atoms with Gasteiger partial charge in [0.2, 0.25) is 0 Å². The molecule has 100 valence electrons. The molecule has 0 aromatic heterocycles. The molecule has 0 aliphatic heterocycles. The second-order valence-electron chi connectivity index (χ2n) is 4.37. The lowest BCUT2D eigenvalue weighted by Gasteiger charge is -2.10. The molecule has 0 unspecified atom stereocenters. The molecular formula is C14H20ClNO2. The van der Waals surface area contributed by atoms with Crippen LogP contribution in [0.5, 0.6) is 5.75 Å². The molecule has 0 fully saturated rings. The summed E-state index contributed by atoms with van der Waals surface area (Å²) in [7, 11) is 1.61. The number of nitrogens with one attached hydrogen (secondary N) is 1. The quantitative estimate of drug-likeness (QED) is 0.774. The van der Waals surface area contributed by atoms with E-state index in [4.69, 9.17) is 16.3 Å². The van der Waals surface area contributed by atoms with E-state index in [1.54, 1.807) is 14.0 Å². The Bertz CT molecular complexity index is 419. The smallest absolute Gasteiger partial charge is 0.137 e. The number of benzene rings is 1. The predicted octanol–water partition coefficient (Wildman–Crippen LogP) is 2.77. The van der Waals surface area contributed by atoms with Crippen LogP contribution in [0.3, 0.4) is 0 Å². The predicted molar refractivity (Wildman–Crippen MR) is 74.6 cm³/mol. The molecule has 0 amide bonds. The van der Waals surface area contributed by atoms with Gasteiger partial charge in [-0.1, -0.05) is 11.6 Å². The summed E-state index contributed by atoms with van der Waals surface area (Å²) < 4.78 is 5.17. The van der Waals surface area contributed by atoms with Gasteiger partial charge in [0.1, 0.15) is 11.5 Å². The number of aryl methyl sites for hydroxylation is 1. The molecule has 1 N–H and O–H groups in total. The molecule has 3 nitrogen and oxygen atoms in total. The summed E-state index contributed by atoms with van der Waals surface area (Å²) in [6, 6.07) is 3.90. The van der Waals surface area contributed by atoms with Crippen molar-refractivity contribution in [2.45, 2.75) is 26.7 Å². The Morgan fingerprint density at radius 1 is 1.39 bits per heavy atom. The highest BCUT2D eigenvalue weighted by atomic mass is 35.5. The molecule has 4 heteroatoms. The van der Waals surface area contributed by atoms with Gasteiger partial charge in [0.25, 0.3) is 0 Å². The van der Waals surface area contributed by atoms with Crippen LogP contribution in [0.2, 0.25) is 5.02 Å². The Labute approximate surface area is 113 Å². The van der Waals surface area contributed by atoms with Gasteiger partial charge in [0.05, 0.1) is 12.1 Å². The molecule has 0 atom stereocenters. The molecule has 0 aliphatic carbocycles. The topological polar surface area (TPSA) is 38.3 Å². The zero-order chi connectivity index (χ0) is 13.5. The van der Waals surface area contributed by atoms with Crippen molar-refractivity contribution >= 4 is 17.4 Å². The van der Waals surface area contributed by atoms with Crippen LogP contribution in [0.25, 0.3) is 0 Å². The van der Waals surface area contributed by atoms with Crippen LogP contribution in [0.15, 0.2) is 12.1 Å². The van der Waals surface area contributed by atoms with Crippen molar-refractivity contribution in [1.82, 2.24) is 5.32 Å². The highest BCUT2D eigenvalue weighted by Gasteiger charge is 2.06. The van der Waals surface area contributed by atoms with Gasteiger partial charge in [-0.05, 0) is 50.1 Å². The lowest BCUT2D eigenvalue weighted by Crippen LogP contribution is -2.20. The van der Waals surface area contributed by atoms with E-state index in [0.717, 1.165) is 19.5 Å². The second-order valence-corrected chi connectivity index (χ2v) is 4.77. The van der Waals surface area contributed by atoms with Gasteiger partial charge in [-0.2, -0.15) is 0 Å². The van der Waals surface area contributed by atoms with Gasteiger partial charge in [-0.25, -0.2) is 0 Å². The normalized spacial score (nSPS) is 10.4. The summed E-state index contributed by atoms with van der Waals surface area (Å²) in [4.78, 5) is 10.8. The van der Waals surface area contributed by atoms with Crippen LogP contribution in [-0.4, -0.2) is 26.0 Å². The van der Waals surface area contributed by atoms with Crippen molar-refractivity contribution in [3.8, 4) is 5.75 Å². The minimum Gasteiger partial charge on any atom is -0.495 e. The van der Waals surface area contributed by atoms with Crippen molar-refractivity contribution in [1.29, 1.82) is 0 Å². The third kappa shape index (κ3) is 4.67. The molecule has 0 radical (unpaired) electrons. The summed E-state index contributed by atoms with van der Waals surface area (Å²) in [5, 5.41) is 3.89. The number of halogens is 1. The average Bonchev–Trinajstić information content (AvgIpc) is 2.32. The van der Waals surface area contributed by atoms with Crippen molar-refractivity contribution < 1.29 is 9.53 Å². The summed E-state index contributed by atoms with van der Waals surface area (Å²) in [6.07, 6.45) is 1.48. The van der Waals surface area contributed by atoms with Gasteiger partial charge in [0, 0.05) is 13.0 Å². The Morgan fingerprint density at radius 2 is 2.11 bits per heavy atom. The van der Waals surface area contributed by atoms with E-state index in [9.17, 15) is 4.79 Å². The maximum Gasteiger partial charge on any atom is 0.137 e. The number of hydrogen-bond donors (Lipinski definition) is 1. The first kappa shape index (κ1) is 15.0. The highest BCUT2D eigenvalue weighted by molar-refractivity contribution is 6.32. The first-order chi connectivity index (χ1) is 8.54. The van der Waals surface area contributed by atoms with Crippen LogP contribution in [0, 0.1) is 6.92 Å². The molecule has 1 rings (SSSR count). The number of ketones is 1. The van der Waals surface area contributed by atoms with Gasteiger partial charge < -0.3 is 10.1 Å². The molecule has 1 aromatic rings. The summed E-state index contributed by atoms with van der Waals surface area (Å²) in [6.45, 7) is 5.23. The SMILES string of the molecule is COc1cc(C)c(CCNCCC(C)=O)cc1Cl. The van der Waals surface area contributed by atoms with E-state index in [2.05, 4.69) is 5.32 Å². The van der Waals surface area contributed by atoms with Gasteiger partial charge in [-0.3, -0.25) is 4.79 Å². The lowest BCUT2D eigenvalue weighted by atomic mass is 10.1. The Hall–Kier alpha value is -1.06. The Kier molecular flexibility index (Phi) is 6.16. The first-order valence-electron chi connectivity index (χ1n) is 6.07. The highest BCUT2D eigenvalue weighted by Crippen LogP contribution is 2.27. The summed E-state index contributed by atoms with van der Waals surface area (Å²) in [5.74, 6) is 0.925. The van der Waals surface area contributed by atoms with Gasteiger partial charge in [-0.15, -0.1) is 0 Å². The van der Waals surface area contributed by atoms with E-state index >= 15 is 0 Å². The van der Waals surface area contributed by atoms with Crippen LogP contribution >= 0.6 is 11.6 Å². The van der Waals surface area contributed by atoms with E-state index in [1.165, 1.54) is 11.1 Å². The fraction of sp³-hybridized carbons (Fsp3) is 0.500. The maximum absolute atomic E-state index is 10.8. The molecule has 1 aromatic carbocycles. The van der Waals surface area contributed by atoms with Crippen LogP contribution in [-0.2, 0) is 11.2 Å². The van der Waals surface area contributed by atoms with Crippen LogP contribution in [0.1, 0.15) is 24.5 Å². The number of methoxy groups -OCH3 is 1. The molecule has 18 heavy (non-hydrogen) atoms. The lowest BCUT2D eigenvalue weighted by molar-refractivity contribution is -0.116. The fourth-order valence-electron chi connectivity index (χ4n) is 1.73. The number of rotatable bonds is 7. The first-order valence-corrected chi connectivity index (χ1v) is 6.45. The third-order valence-electron chi connectivity index (χ3n) is 2.84. The molecule has 0 spiro atoms. The van der Waals surface area contributed by atoms with Crippen molar-refractivity contribution in [2.24, 2.45) is 0 Å². The van der Waals surface area contributed by atoms with Crippen molar-refractivity contribution in [2.75, 3.05) is 20.2 Å². The summed E-state index contributed by atoms with van der Waals surface area (Å²) in [5.41, 5.74) is 2.38. The van der Waals surface area contributed by atoms with Gasteiger partial charge in [0.15, 0.2) is 0 Å².